The Morgan fingerprint density at radius 3 is 2.33 bits per heavy atom. The number of hydrogen-bond acceptors (Lipinski definition) is 8. The lowest BCUT2D eigenvalue weighted by atomic mass is 10.2. The van der Waals surface area contributed by atoms with E-state index in [4.69, 9.17) is 14.5 Å². The summed E-state index contributed by atoms with van der Waals surface area (Å²) in [5.41, 5.74) is 3.61. The summed E-state index contributed by atoms with van der Waals surface area (Å²) in [6.45, 7) is 0.286. The quantitative estimate of drug-likeness (QED) is 0.503. The molecule has 0 saturated carbocycles. The Labute approximate surface area is 173 Å². The van der Waals surface area contributed by atoms with Crippen molar-refractivity contribution < 1.29 is 14.6 Å². The standard InChI is InChI=1S/C22H21N5O3/c1-29-17-11-16(12-18(13-17)30-2)27(9-10-28)21-4-3-19-22(26-21)25-20(14-24-19)15-5-7-23-8-6-15/h3-8,11-14,28H,9-10H2,1-2H3. The van der Waals surface area contributed by atoms with Crippen LogP contribution in [0.4, 0.5) is 11.5 Å². The molecule has 0 unspecified atom stereocenters. The van der Waals surface area contributed by atoms with Crippen LogP contribution in [0, 0.1) is 0 Å². The molecule has 152 valence electrons. The number of aliphatic hydroxyl groups excluding tert-OH is 1. The summed E-state index contributed by atoms with van der Waals surface area (Å²) in [4.78, 5) is 19.8. The molecule has 4 aromatic rings. The molecular formula is C22H21N5O3. The first-order chi connectivity index (χ1) is 14.7. The third kappa shape index (κ3) is 3.99. The van der Waals surface area contributed by atoms with Gasteiger partial charge in [0.1, 0.15) is 22.8 Å². The number of anilines is 2. The first kappa shape index (κ1) is 19.5. The molecule has 4 rings (SSSR count). The molecule has 1 N–H and O–H groups in total. The average Bonchev–Trinajstić information content (AvgIpc) is 2.82. The van der Waals surface area contributed by atoms with Gasteiger partial charge in [-0.1, -0.05) is 0 Å². The van der Waals surface area contributed by atoms with Crippen LogP contribution in [-0.2, 0) is 0 Å². The minimum atomic E-state index is -0.0536. The van der Waals surface area contributed by atoms with Crippen LogP contribution >= 0.6 is 0 Å². The van der Waals surface area contributed by atoms with E-state index in [2.05, 4.69) is 15.0 Å². The number of fused-ring (bicyclic) bond motifs is 1. The third-order valence-electron chi connectivity index (χ3n) is 4.62. The van der Waals surface area contributed by atoms with Crippen LogP contribution in [0.3, 0.4) is 0 Å². The minimum absolute atomic E-state index is 0.0536. The summed E-state index contributed by atoms with van der Waals surface area (Å²) in [5, 5.41) is 9.65. The third-order valence-corrected chi connectivity index (χ3v) is 4.62. The first-order valence-electron chi connectivity index (χ1n) is 9.37. The van der Waals surface area contributed by atoms with Crippen molar-refractivity contribution in [3.05, 3.63) is 61.1 Å². The Morgan fingerprint density at radius 1 is 0.933 bits per heavy atom. The fourth-order valence-corrected chi connectivity index (χ4v) is 3.12. The largest absolute Gasteiger partial charge is 0.497 e. The summed E-state index contributed by atoms with van der Waals surface area (Å²) in [6, 6.07) is 13.0. The number of rotatable bonds is 7. The molecule has 1 aromatic carbocycles. The van der Waals surface area contributed by atoms with E-state index in [1.807, 2.05) is 41.3 Å². The average molecular weight is 403 g/mol. The molecule has 0 radical (unpaired) electrons. The maximum absolute atomic E-state index is 9.65. The van der Waals surface area contributed by atoms with Gasteiger partial charge in [-0.3, -0.25) is 9.97 Å². The van der Waals surface area contributed by atoms with Crippen molar-refractivity contribution in [3.8, 4) is 22.8 Å². The van der Waals surface area contributed by atoms with Crippen LogP contribution in [0.15, 0.2) is 61.1 Å². The molecule has 0 amide bonds. The molecule has 3 heterocycles. The Kier molecular flexibility index (Phi) is 5.67. The van der Waals surface area contributed by atoms with E-state index >= 15 is 0 Å². The molecule has 0 aliphatic heterocycles. The van der Waals surface area contributed by atoms with E-state index in [1.54, 1.807) is 38.9 Å². The molecule has 0 saturated heterocycles. The van der Waals surface area contributed by atoms with Gasteiger partial charge in [-0.2, -0.15) is 0 Å². The van der Waals surface area contributed by atoms with Crippen molar-refractivity contribution in [3.63, 3.8) is 0 Å². The molecule has 3 aromatic heterocycles. The van der Waals surface area contributed by atoms with Crippen LogP contribution in [0.2, 0.25) is 0 Å². The zero-order chi connectivity index (χ0) is 20.9. The van der Waals surface area contributed by atoms with E-state index in [0.29, 0.717) is 40.7 Å². The Bertz CT molecular complexity index is 1130. The first-order valence-corrected chi connectivity index (χ1v) is 9.37. The van der Waals surface area contributed by atoms with Gasteiger partial charge >= 0.3 is 0 Å². The van der Waals surface area contributed by atoms with E-state index in [-0.39, 0.29) is 6.61 Å². The highest BCUT2D eigenvalue weighted by Crippen LogP contribution is 2.32. The van der Waals surface area contributed by atoms with Gasteiger partial charge in [0.05, 0.1) is 32.7 Å². The van der Waals surface area contributed by atoms with E-state index < -0.39 is 0 Å². The molecule has 0 bridgehead atoms. The molecular weight excluding hydrogens is 382 g/mol. The van der Waals surface area contributed by atoms with Crippen molar-refractivity contribution in [2.75, 3.05) is 32.3 Å². The van der Waals surface area contributed by atoms with Crippen molar-refractivity contribution in [1.29, 1.82) is 0 Å². The Balaban J connectivity index is 1.79. The van der Waals surface area contributed by atoms with Crippen LogP contribution < -0.4 is 14.4 Å². The minimum Gasteiger partial charge on any atom is -0.497 e. The number of aromatic nitrogens is 4. The van der Waals surface area contributed by atoms with Crippen molar-refractivity contribution >= 4 is 22.7 Å². The normalized spacial score (nSPS) is 10.8. The molecule has 0 fully saturated rings. The highest BCUT2D eigenvalue weighted by Gasteiger charge is 2.15. The Morgan fingerprint density at radius 2 is 1.67 bits per heavy atom. The molecule has 0 aliphatic rings. The number of methoxy groups -OCH3 is 2. The highest BCUT2D eigenvalue weighted by atomic mass is 16.5. The fourth-order valence-electron chi connectivity index (χ4n) is 3.12. The molecule has 30 heavy (non-hydrogen) atoms. The smallest absolute Gasteiger partial charge is 0.180 e. The van der Waals surface area contributed by atoms with Gasteiger partial charge < -0.3 is 19.5 Å². The fraction of sp³-hybridized carbons (Fsp3) is 0.182. The van der Waals surface area contributed by atoms with Crippen molar-refractivity contribution in [2.24, 2.45) is 0 Å². The van der Waals surface area contributed by atoms with Crippen molar-refractivity contribution in [2.45, 2.75) is 0 Å². The maximum Gasteiger partial charge on any atom is 0.180 e. The number of aliphatic hydroxyl groups is 1. The number of hydrogen-bond donors (Lipinski definition) is 1. The van der Waals surface area contributed by atoms with E-state index in [1.165, 1.54) is 0 Å². The topological polar surface area (TPSA) is 93.5 Å². The SMILES string of the molecule is COc1cc(OC)cc(N(CCO)c2ccc3ncc(-c4ccncc4)nc3n2)c1. The van der Waals surface area contributed by atoms with E-state index in [0.717, 1.165) is 11.3 Å². The number of ether oxygens (including phenoxy) is 2. The summed E-state index contributed by atoms with van der Waals surface area (Å²) in [7, 11) is 3.19. The second-order valence-electron chi connectivity index (χ2n) is 6.45. The number of nitrogens with zero attached hydrogens (tertiary/aromatic N) is 5. The van der Waals surface area contributed by atoms with Gasteiger partial charge in [0.15, 0.2) is 5.65 Å². The predicted octanol–water partition coefficient (Wildman–Crippen LogP) is 3.23. The lowest BCUT2D eigenvalue weighted by Crippen LogP contribution is -2.22. The summed E-state index contributed by atoms with van der Waals surface area (Å²) < 4.78 is 10.8. The number of pyridine rings is 2. The summed E-state index contributed by atoms with van der Waals surface area (Å²) in [6.07, 6.45) is 5.14. The van der Waals surface area contributed by atoms with Gasteiger partial charge in [0, 0.05) is 48.4 Å². The van der Waals surface area contributed by atoms with Gasteiger partial charge in [0.2, 0.25) is 0 Å². The lowest BCUT2D eigenvalue weighted by molar-refractivity contribution is 0.305. The lowest BCUT2D eigenvalue weighted by Gasteiger charge is -2.24. The molecule has 0 atom stereocenters. The molecule has 8 nitrogen and oxygen atoms in total. The monoisotopic (exact) mass is 403 g/mol. The van der Waals surface area contributed by atoms with Gasteiger partial charge in [-0.05, 0) is 24.3 Å². The zero-order valence-electron chi connectivity index (χ0n) is 16.7. The van der Waals surface area contributed by atoms with Crippen LogP contribution in [0.25, 0.3) is 22.4 Å². The maximum atomic E-state index is 9.65. The Hall–Kier alpha value is -3.78. The summed E-state index contributed by atoms with van der Waals surface area (Å²) >= 11 is 0. The van der Waals surface area contributed by atoms with Crippen molar-refractivity contribution in [1.82, 2.24) is 19.9 Å². The van der Waals surface area contributed by atoms with Crippen LogP contribution in [0.1, 0.15) is 0 Å². The number of benzene rings is 1. The van der Waals surface area contributed by atoms with Gasteiger partial charge in [-0.25, -0.2) is 9.97 Å². The summed E-state index contributed by atoms with van der Waals surface area (Å²) in [5.74, 6) is 1.92. The van der Waals surface area contributed by atoms with Gasteiger partial charge in [0.25, 0.3) is 0 Å². The van der Waals surface area contributed by atoms with Gasteiger partial charge in [-0.15, -0.1) is 0 Å². The molecule has 0 aliphatic carbocycles. The zero-order valence-corrected chi connectivity index (χ0v) is 16.7. The predicted molar refractivity (Wildman–Crippen MR) is 114 cm³/mol. The second kappa shape index (κ2) is 8.71. The van der Waals surface area contributed by atoms with Crippen LogP contribution in [-0.4, -0.2) is 52.4 Å². The van der Waals surface area contributed by atoms with Crippen LogP contribution in [0.5, 0.6) is 11.5 Å². The van der Waals surface area contributed by atoms with E-state index in [9.17, 15) is 5.11 Å². The molecule has 0 spiro atoms. The second-order valence-corrected chi connectivity index (χ2v) is 6.45. The highest BCUT2D eigenvalue weighted by molar-refractivity contribution is 5.77. The molecule has 8 heteroatoms.